The average Bonchev–Trinajstić information content (AvgIpc) is 2.86. The number of carbonyl (C=O) groups excluding carboxylic acids is 1. The highest BCUT2D eigenvalue weighted by Gasteiger charge is 2.30. The number of hydrogen-bond donors (Lipinski definition) is 2. The van der Waals surface area contributed by atoms with Crippen molar-refractivity contribution in [3.63, 3.8) is 0 Å². The van der Waals surface area contributed by atoms with Crippen LogP contribution in [0.25, 0.3) is 22.2 Å². The van der Waals surface area contributed by atoms with Gasteiger partial charge in [-0.25, -0.2) is 19.7 Å². The molecule has 1 amide bonds. The molecule has 198 valence electrons. The zero-order valence-electron chi connectivity index (χ0n) is 21.0. The molecule has 4 rings (SSSR count). The predicted octanol–water partition coefficient (Wildman–Crippen LogP) is 6.44. The molecule has 0 aliphatic heterocycles. The van der Waals surface area contributed by atoms with Gasteiger partial charge in [0.2, 0.25) is 5.88 Å². The smallest absolute Gasteiger partial charge is 0.416 e. The van der Waals surface area contributed by atoms with E-state index in [-0.39, 0.29) is 5.88 Å². The molecule has 0 atom stereocenters. The van der Waals surface area contributed by atoms with E-state index < -0.39 is 23.4 Å². The number of para-hydroxylation sites is 1. The highest BCUT2D eigenvalue weighted by atomic mass is 19.4. The predicted molar refractivity (Wildman–Crippen MR) is 137 cm³/mol. The molecule has 0 aliphatic carbocycles. The Labute approximate surface area is 217 Å². The Kier molecular flexibility index (Phi) is 7.65. The molecule has 0 fully saturated rings. The summed E-state index contributed by atoms with van der Waals surface area (Å²) in [5, 5.41) is 6.65. The Morgan fingerprint density at radius 1 is 0.947 bits per heavy atom. The Morgan fingerprint density at radius 2 is 1.71 bits per heavy atom. The minimum absolute atomic E-state index is 0.212. The largest absolute Gasteiger partial charge is 0.444 e. The van der Waals surface area contributed by atoms with Crippen molar-refractivity contribution in [1.82, 2.24) is 20.3 Å². The minimum atomic E-state index is -4.41. The van der Waals surface area contributed by atoms with Gasteiger partial charge in [0.1, 0.15) is 23.3 Å². The number of benzene rings is 2. The maximum absolute atomic E-state index is 12.9. The Balaban J connectivity index is 1.46. The van der Waals surface area contributed by atoms with Crippen LogP contribution >= 0.6 is 0 Å². The van der Waals surface area contributed by atoms with Gasteiger partial charge in [0.25, 0.3) is 0 Å². The van der Waals surface area contributed by atoms with Gasteiger partial charge in [-0.05, 0) is 51.1 Å². The number of carbonyl (C=O) groups is 1. The molecule has 8 nitrogen and oxygen atoms in total. The van der Waals surface area contributed by atoms with Crippen LogP contribution in [0, 0.1) is 0 Å². The van der Waals surface area contributed by atoms with Crippen molar-refractivity contribution < 1.29 is 27.4 Å². The lowest BCUT2D eigenvalue weighted by Crippen LogP contribution is -2.35. The van der Waals surface area contributed by atoms with Crippen molar-refractivity contribution in [2.24, 2.45) is 0 Å². The lowest BCUT2D eigenvalue weighted by molar-refractivity contribution is -0.137. The SMILES string of the molecule is CC(C)(C)OC(=O)NCCNc1ccc2cccc(Oc3cc(-c4ccc(C(F)(F)F)cc4)ncn3)c2n1. The Morgan fingerprint density at radius 3 is 2.42 bits per heavy atom. The molecule has 0 aliphatic rings. The summed E-state index contributed by atoms with van der Waals surface area (Å²) in [6, 6.07) is 15.4. The second-order valence-corrected chi connectivity index (χ2v) is 9.30. The summed E-state index contributed by atoms with van der Waals surface area (Å²) in [6.45, 7) is 6.13. The number of pyridine rings is 1. The molecule has 11 heteroatoms. The van der Waals surface area contributed by atoms with E-state index in [1.165, 1.54) is 18.5 Å². The summed E-state index contributed by atoms with van der Waals surface area (Å²) in [5.74, 6) is 1.23. The maximum Gasteiger partial charge on any atom is 0.416 e. The van der Waals surface area contributed by atoms with Gasteiger partial charge in [-0.2, -0.15) is 13.2 Å². The van der Waals surface area contributed by atoms with Gasteiger partial charge < -0.3 is 20.1 Å². The molecule has 38 heavy (non-hydrogen) atoms. The molecule has 2 heterocycles. The molecule has 0 radical (unpaired) electrons. The van der Waals surface area contributed by atoms with Crippen LogP contribution in [0.2, 0.25) is 0 Å². The molecule has 0 spiro atoms. The van der Waals surface area contributed by atoms with Crippen LogP contribution in [0.4, 0.5) is 23.8 Å². The van der Waals surface area contributed by atoms with E-state index in [4.69, 9.17) is 9.47 Å². The number of halogens is 3. The summed E-state index contributed by atoms with van der Waals surface area (Å²) in [7, 11) is 0. The van der Waals surface area contributed by atoms with E-state index in [1.54, 1.807) is 32.9 Å². The van der Waals surface area contributed by atoms with E-state index in [0.717, 1.165) is 17.5 Å². The first-order valence-electron chi connectivity index (χ1n) is 11.8. The molecule has 2 aromatic heterocycles. The number of hydrogen-bond acceptors (Lipinski definition) is 7. The van der Waals surface area contributed by atoms with Crippen molar-refractivity contribution in [2.75, 3.05) is 18.4 Å². The lowest BCUT2D eigenvalue weighted by Gasteiger charge is -2.19. The quantitative estimate of drug-likeness (QED) is 0.268. The topological polar surface area (TPSA) is 98.3 Å². The fraction of sp³-hybridized carbons (Fsp3) is 0.259. The standard InChI is InChI=1S/C27H26F3N5O3/c1-26(2,3)38-25(36)32-14-13-31-22-12-9-18-5-4-6-21(24(18)35-22)37-23-15-20(33-16-34-23)17-7-10-19(11-8-17)27(28,29)30/h4-12,15-16H,13-14H2,1-3H3,(H,31,35)(H,32,36). The molecule has 0 bridgehead atoms. The third-order valence-electron chi connectivity index (χ3n) is 5.15. The van der Waals surface area contributed by atoms with Gasteiger partial charge >= 0.3 is 12.3 Å². The number of alkyl halides is 3. The summed E-state index contributed by atoms with van der Waals surface area (Å²) < 4.78 is 49.8. The molecule has 4 aromatic rings. The van der Waals surface area contributed by atoms with Gasteiger partial charge in [-0.3, -0.25) is 0 Å². The van der Waals surface area contributed by atoms with Gasteiger partial charge in [0, 0.05) is 30.1 Å². The third-order valence-corrected chi connectivity index (χ3v) is 5.15. The first-order valence-corrected chi connectivity index (χ1v) is 11.8. The van der Waals surface area contributed by atoms with E-state index in [1.807, 2.05) is 24.3 Å². The molecule has 2 N–H and O–H groups in total. The van der Waals surface area contributed by atoms with Crippen LogP contribution in [0.3, 0.4) is 0 Å². The Hall–Kier alpha value is -4.41. The van der Waals surface area contributed by atoms with Crippen LogP contribution in [-0.4, -0.2) is 39.7 Å². The van der Waals surface area contributed by atoms with Crippen molar-refractivity contribution in [3.05, 3.63) is 72.6 Å². The molecular weight excluding hydrogens is 499 g/mol. The van der Waals surface area contributed by atoms with Crippen molar-refractivity contribution in [1.29, 1.82) is 0 Å². The zero-order chi connectivity index (χ0) is 27.3. The first kappa shape index (κ1) is 26.6. The van der Waals surface area contributed by atoms with Crippen LogP contribution in [0.1, 0.15) is 26.3 Å². The number of fused-ring (bicyclic) bond motifs is 1. The van der Waals surface area contributed by atoms with Crippen LogP contribution in [0.15, 0.2) is 67.0 Å². The number of alkyl carbamates (subject to hydrolysis) is 1. The Bertz CT molecular complexity index is 1420. The highest BCUT2D eigenvalue weighted by molar-refractivity contribution is 5.86. The third kappa shape index (κ3) is 7.09. The van der Waals surface area contributed by atoms with Crippen molar-refractivity contribution in [2.45, 2.75) is 32.5 Å². The number of anilines is 1. The fourth-order valence-electron chi connectivity index (χ4n) is 3.47. The second kappa shape index (κ2) is 10.9. The number of ether oxygens (including phenoxy) is 2. The lowest BCUT2D eigenvalue weighted by atomic mass is 10.1. The molecule has 0 saturated heterocycles. The minimum Gasteiger partial charge on any atom is -0.444 e. The van der Waals surface area contributed by atoms with Gasteiger partial charge in [-0.15, -0.1) is 0 Å². The van der Waals surface area contributed by atoms with Crippen molar-refractivity contribution in [3.8, 4) is 22.9 Å². The molecule has 0 saturated carbocycles. The van der Waals surface area contributed by atoms with Gasteiger partial charge in [0.05, 0.1) is 11.3 Å². The molecule has 2 aromatic carbocycles. The first-order chi connectivity index (χ1) is 18.0. The second-order valence-electron chi connectivity index (χ2n) is 9.30. The summed E-state index contributed by atoms with van der Waals surface area (Å²) >= 11 is 0. The number of nitrogens with zero attached hydrogens (tertiary/aromatic N) is 3. The average molecular weight is 526 g/mol. The fourth-order valence-corrected chi connectivity index (χ4v) is 3.47. The zero-order valence-corrected chi connectivity index (χ0v) is 21.0. The van der Waals surface area contributed by atoms with E-state index in [9.17, 15) is 18.0 Å². The van der Waals surface area contributed by atoms with E-state index in [0.29, 0.717) is 41.4 Å². The van der Waals surface area contributed by atoms with E-state index >= 15 is 0 Å². The number of aromatic nitrogens is 3. The van der Waals surface area contributed by atoms with Crippen LogP contribution < -0.4 is 15.4 Å². The molecular formula is C27H26F3N5O3. The highest BCUT2D eigenvalue weighted by Crippen LogP contribution is 2.32. The monoisotopic (exact) mass is 525 g/mol. The van der Waals surface area contributed by atoms with Gasteiger partial charge in [-0.1, -0.05) is 24.3 Å². The number of rotatable bonds is 7. The summed E-state index contributed by atoms with van der Waals surface area (Å²) in [4.78, 5) is 24.7. The summed E-state index contributed by atoms with van der Waals surface area (Å²) in [5.41, 5.74) is 0.172. The van der Waals surface area contributed by atoms with E-state index in [2.05, 4.69) is 25.6 Å². The normalized spacial score (nSPS) is 11.7. The van der Waals surface area contributed by atoms with Crippen LogP contribution in [0.5, 0.6) is 11.6 Å². The van der Waals surface area contributed by atoms with Crippen LogP contribution in [-0.2, 0) is 10.9 Å². The van der Waals surface area contributed by atoms with Gasteiger partial charge in [0.15, 0.2) is 5.75 Å². The molecule has 0 unspecified atom stereocenters. The number of amides is 1. The van der Waals surface area contributed by atoms with Crippen molar-refractivity contribution >= 4 is 22.8 Å². The number of nitrogens with one attached hydrogen (secondary N) is 2. The summed E-state index contributed by atoms with van der Waals surface area (Å²) in [6.07, 6.45) is -3.63. The maximum atomic E-state index is 12.9.